The van der Waals surface area contributed by atoms with Gasteiger partial charge in [-0.05, 0) is 90.1 Å². The molecule has 8 nitrogen and oxygen atoms in total. The average molecular weight is 583 g/mol. The van der Waals surface area contributed by atoms with E-state index in [1.807, 2.05) is 24.0 Å². The number of amides is 1. The van der Waals surface area contributed by atoms with Crippen molar-refractivity contribution in [1.82, 2.24) is 24.5 Å². The van der Waals surface area contributed by atoms with Crippen LogP contribution in [-0.4, -0.2) is 77.6 Å². The lowest BCUT2D eigenvalue weighted by molar-refractivity contribution is 0.0570. The fourth-order valence-electron chi connectivity index (χ4n) is 5.25. The first-order chi connectivity index (χ1) is 18.0. The maximum absolute atomic E-state index is 13.4. The highest BCUT2D eigenvalue weighted by Crippen LogP contribution is 2.25. The second-order valence-electron chi connectivity index (χ2n) is 10.6. The van der Waals surface area contributed by atoms with Crippen LogP contribution in [-0.2, 0) is 22.9 Å². The Hall–Kier alpha value is -1.78. The molecule has 208 valence electrons. The standard InChI is InChI=1S/C27H37Cl2N5O3S/c1-18(2)38(36,37)32-21-8-12-33(13-9-21)22-10-14-34(15-11-22)27(35)26-19(3)25(30-17-31-26)7-5-20-4-6-23(28)24(29)16-20/h4,6,16-18,21-22,32H,5,7-15H2,1-3H3. The minimum atomic E-state index is -3.24. The number of carbonyl (C=O) groups is 1. The third kappa shape index (κ3) is 7.04. The van der Waals surface area contributed by atoms with Gasteiger partial charge in [0.15, 0.2) is 0 Å². The number of hydrogen-bond donors (Lipinski definition) is 1. The number of likely N-dealkylation sites (tertiary alicyclic amines) is 2. The zero-order valence-electron chi connectivity index (χ0n) is 22.3. The molecule has 1 aromatic carbocycles. The van der Waals surface area contributed by atoms with Crippen LogP contribution in [0, 0.1) is 6.92 Å². The van der Waals surface area contributed by atoms with E-state index in [0.29, 0.717) is 41.3 Å². The van der Waals surface area contributed by atoms with Gasteiger partial charge < -0.3 is 9.80 Å². The monoisotopic (exact) mass is 581 g/mol. The van der Waals surface area contributed by atoms with Crippen molar-refractivity contribution >= 4 is 39.1 Å². The number of nitrogens with zero attached hydrogens (tertiary/aromatic N) is 4. The van der Waals surface area contributed by atoms with E-state index in [2.05, 4.69) is 19.6 Å². The summed E-state index contributed by atoms with van der Waals surface area (Å²) in [6.45, 7) is 8.44. The molecule has 0 spiro atoms. The third-order valence-corrected chi connectivity index (χ3v) is 10.4. The second-order valence-corrected chi connectivity index (χ2v) is 13.7. The number of aryl methyl sites for hydroxylation is 2. The molecule has 3 heterocycles. The van der Waals surface area contributed by atoms with Crippen molar-refractivity contribution in [2.45, 2.75) is 76.6 Å². The topological polar surface area (TPSA) is 95.5 Å². The van der Waals surface area contributed by atoms with Crippen LogP contribution in [0.1, 0.15) is 66.8 Å². The van der Waals surface area contributed by atoms with Crippen LogP contribution in [0.4, 0.5) is 0 Å². The zero-order chi connectivity index (χ0) is 27.4. The van der Waals surface area contributed by atoms with Gasteiger partial charge in [-0.1, -0.05) is 29.3 Å². The Morgan fingerprint density at radius 1 is 1.03 bits per heavy atom. The van der Waals surface area contributed by atoms with Crippen LogP contribution in [0.2, 0.25) is 10.0 Å². The molecule has 0 atom stereocenters. The molecule has 11 heteroatoms. The number of hydrogen-bond acceptors (Lipinski definition) is 6. The van der Waals surface area contributed by atoms with E-state index >= 15 is 0 Å². The molecule has 1 aromatic heterocycles. The first kappa shape index (κ1) is 29.2. The molecule has 2 aromatic rings. The molecule has 1 N–H and O–H groups in total. The molecule has 2 aliphatic heterocycles. The molecule has 2 saturated heterocycles. The summed E-state index contributed by atoms with van der Waals surface area (Å²) in [4.78, 5) is 26.5. The highest BCUT2D eigenvalue weighted by molar-refractivity contribution is 7.90. The van der Waals surface area contributed by atoms with Crippen molar-refractivity contribution in [3.63, 3.8) is 0 Å². The number of benzene rings is 1. The van der Waals surface area contributed by atoms with Crippen molar-refractivity contribution in [3.05, 3.63) is 57.1 Å². The Balaban J connectivity index is 1.29. The molecule has 0 unspecified atom stereocenters. The quantitative estimate of drug-likeness (QED) is 0.500. The summed E-state index contributed by atoms with van der Waals surface area (Å²) in [6, 6.07) is 6.03. The predicted molar refractivity (Wildman–Crippen MR) is 151 cm³/mol. The van der Waals surface area contributed by atoms with Gasteiger partial charge >= 0.3 is 0 Å². The minimum absolute atomic E-state index is 0.00642. The van der Waals surface area contributed by atoms with Crippen LogP contribution in [0.3, 0.4) is 0 Å². The van der Waals surface area contributed by atoms with E-state index < -0.39 is 15.3 Å². The fourth-order valence-corrected chi connectivity index (χ4v) is 6.54. The Labute approximate surface area is 236 Å². The molecule has 1 amide bonds. The largest absolute Gasteiger partial charge is 0.337 e. The van der Waals surface area contributed by atoms with Crippen molar-refractivity contribution < 1.29 is 13.2 Å². The van der Waals surface area contributed by atoms with E-state index in [-0.39, 0.29) is 11.9 Å². The van der Waals surface area contributed by atoms with Gasteiger partial charge in [-0.3, -0.25) is 4.79 Å². The van der Waals surface area contributed by atoms with Gasteiger partial charge in [0.05, 0.1) is 15.3 Å². The van der Waals surface area contributed by atoms with Crippen LogP contribution in [0.15, 0.2) is 24.5 Å². The van der Waals surface area contributed by atoms with Crippen LogP contribution >= 0.6 is 23.2 Å². The molecule has 0 saturated carbocycles. The molecule has 2 fully saturated rings. The number of rotatable bonds is 8. The first-order valence-corrected chi connectivity index (χ1v) is 15.6. The normalized spacial score (nSPS) is 18.3. The zero-order valence-corrected chi connectivity index (χ0v) is 24.6. The molecule has 38 heavy (non-hydrogen) atoms. The Morgan fingerprint density at radius 3 is 2.34 bits per heavy atom. The maximum atomic E-state index is 13.4. The van der Waals surface area contributed by atoms with Crippen LogP contribution < -0.4 is 4.72 Å². The number of halogens is 2. The summed E-state index contributed by atoms with van der Waals surface area (Å²) in [5, 5.41) is 0.645. The maximum Gasteiger partial charge on any atom is 0.272 e. The Bertz CT molecular complexity index is 1240. The number of carbonyl (C=O) groups excluding carboxylic acids is 1. The molecule has 4 rings (SSSR count). The smallest absolute Gasteiger partial charge is 0.272 e. The number of nitrogens with one attached hydrogen (secondary N) is 1. The molecule has 0 aliphatic carbocycles. The molecular formula is C27H37Cl2N5O3S. The second kappa shape index (κ2) is 12.6. The number of piperidine rings is 2. The highest BCUT2D eigenvalue weighted by atomic mass is 35.5. The summed E-state index contributed by atoms with van der Waals surface area (Å²) in [5.74, 6) is -0.0408. The van der Waals surface area contributed by atoms with Gasteiger partial charge in [0, 0.05) is 36.4 Å². The average Bonchev–Trinajstić information content (AvgIpc) is 2.90. The summed E-state index contributed by atoms with van der Waals surface area (Å²) < 4.78 is 27.2. The van der Waals surface area contributed by atoms with E-state index in [1.165, 1.54) is 6.33 Å². The lowest BCUT2D eigenvalue weighted by Crippen LogP contribution is -2.52. The summed E-state index contributed by atoms with van der Waals surface area (Å²) >= 11 is 12.2. The van der Waals surface area contributed by atoms with Crippen molar-refractivity contribution in [3.8, 4) is 0 Å². The van der Waals surface area contributed by atoms with Crippen LogP contribution in [0.25, 0.3) is 0 Å². The first-order valence-electron chi connectivity index (χ1n) is 13.3. The molecular weight excluding hydrogens is 545 g/mol. The molecule has 2 aliphatic rings. The lowest BCUT2D eigenvalue weighted by Gasteiger charge is -2.42. The van der Waals surface area contributed by atoms with E-state index in [9.17, 15) is 13.2 Å². The van der Waals surface area contributed by atoms with Crippen molar-refractivity contribution in [2.75, 3.05) is 26.2 Å². The Kier molecular flexibility index (Phi) is 9.68. The molecule has 0 bridgehead atoms. The highest BCUT2D eigenvalue weighted by Gasteiger charge is 2.32. The predicted octanol–water partition coefficient (Wildman–Crippen LogP) is 4.27. The van der Waals surface area contributed by atoms with Gasteiger partial charge in [0.2, 0.25) is 10.0 Å². The van der Waals surface area contributed by atoms with Gasteiger partial charge in [-0.2, -0.15) is 0 Å². The third-order valence-electron chi connectivity index (χ3n) is 7.77. The van der Waals surface area contributed by atoms with Crippen LogP contribution in [0.5, 0.6) is 0 Å². The fraction of sp³-hybridized carbons (Fsp3) is 0.593. The number of aromatic nitrogens is 2. The summed E-state index contributed by atoms with van der Waals surface area (Å²) in [5.41, 5.74) is 3.22. The van der Waals surface area contributed by atoms with E-state index in [1.54, 1.807) is 19.9 Å². The van der Waals surface area contributed by atoms with Crippen molar-refractivity contribution in [2.24, 2.45) is 0 Å². The lowest BCUT2D eigenvalue weighted by atomic mass is 9.97. The van der Waals surface area contributed by atoms with Gasteiger partial charge in [0.25, 0.3) is 5.91 Å². The van der Waals surface area contributed by atoms with E-state index in [4.69, 9.17) is 23.2 Å². The Morgan fingerprint density at radius 2 is 1.71 bits per heavy atom. The molecule has 0 radical (unpaired) electrons. The summed E-state index contributed by atoms with van der Waals surface area (Å²) in [7, 11) is -3.24. The van der Waals surface area contributed by atoms with Gasteiger partial charge in [-0.15, -0.1) is 0 Å². The van der Waals surface area contributed by atoms with Gasteiger partial charge in [0.1, 0.15) is 12.0 Å². The van der Waals surface area contributed by atoms with E-state index in [0.717, 1.165) is 62.0 Å². The van der Waals surface area contributed by atoms with Gasteiger partial charge in [-0.25, -0.2) is 23.1 Å². The van der Waals surface area contributed by atoms with Crippen molar-refractivity contribution in [1.29, 1.82) is 0 Å². The summed E-state index contributed by atoms with van der Waals surface area (Å²) in [6.07, 6.45) is 6.34. The minimum Gasteiger partial charge on any atom is -0.337 e. The SMILES string of the molecule is Cc1c(CCc2ccc(Cl)c(Cl)c2)ncnc1C(=O)N1CCC(N2CCC(NS(=O)(=O)C(C)C)CC2)CC1. The number of sulfonamides is 1.